The molecule has 35 heavy (non-hydrogen) atoms. The minimum Gasteiger partial charge on any atom is -0.374 e. The summed E-state index contributed by atoms with van der Waals surface area (Å²) in [5, 5.41) is 0. The number of carbonyl (C=O) groups excluding carboxylic acids is 1. The van der Waals surface area contributed by atoms with Crippen LogP contribution in [0.1, 0.15) is 40.9 Å². The second-order valence-electron chi connectivity index (χ2n) is 9.40. The molecule has 184 valence electrons. The van der Waals surface area contributed by atoms with Gasteiger partial charge in [0.25, 0.3) is 0 Å². The zero-order chi connectivity index (χ0) is 24.8. The first-order valence-corrected chi connectivity index (χ1v) is 13.0. The van der Waals surface area contributed by atoms with Gasteiger partial charge in [0, 0.05) is 10.0 Å². The Bertz CT molecular complexity index is 1100. The zero-order valence-electron chi connectivity index (χ0n) is 20.5. The Morgan fingerprint density at radius 2 is 1.51 bits per heavy atom. The third kappa shape index (κ3) is 6.47. The van der Waals surface area contributed by atoms with Crippen LogP contribution in [-0.2, 0) is 27.4 Å². The third-order valence-corrected chi connectivity index (χ3v) is 7.44. The van der Waals surface area contributed by atoms with Gasteiger partial charge in [0.1, 0.15) is 6.10 Å². The number of aryl methyl sites for hydroxylation is 1. The number of ketones is 1. The second kappa shape index (κ2) is 12.1. The van der Waals surface area contributed by atoms with Crippen LogP contribution in [0.15, 0.2) is 83.3 Å². The molecule has 3 aromatic carbocycles. The fourth-order valence-corrected chi connectivity index (χ4v) is 5.11. The van der Waals surface area contributed by atoms with Crippen LogP contribution in [0.5, 0.6) is 0 Å². The van der Waals surface area contributed by atoms with Gasteiger partial charge in [-0.05, 0) is 53.6 Å². The predicted octanol–water partition coefficient (Wildman–Crippen LogP) is 6.78. The Kier molecular flexibility index (Phi) is 8.90. The van der Waals surface area contributed by atoms with Crippen molar-refractivity contribution in [3.05, 3.63) is 106 Å². The van der Waals surface area contributed by atoms with Gasteiger partial charge in [-0.2, -0.15) is 0 Å². The molecule has 0 aromatic heterocycles. The molecule has 0 saturated carbocycles. The number of carbonyl (C=O) groups is 1. The number of ether oxygens (including phenoxy) is 3. The summed E-state index contributed by atoms with van der Waals surface area (Å²) < 4.78 is 19.9. The first kappa shape index (κ1) is 25.8. The van der Waals surface area contributed by atoms with Crippen molar-refractivity contribution in [1.82, 2.24) is 0 Å². The number of Topliss-reactive ketones (excluding diaryl/α,β-unsaturated/α-hetero) is 1. The molecule has 0 radical (unpaired) electrons. The minimum atomic E-state index is -0.699. The maximum absolute atomic E-state index is 13.8. The van der Waals surface area contributed by atoms with Crippen LogP contribution in [-0.4, -0.2) is 30.7 Å². The predicted molar refractivity (Wildman–Crippen MR) is 141 cm³/mol. The van der Waals surface area contributed by atoms with Crippen molar-refractivity contribution in [2.45, 2.75) is 52.3 Å². The molecule has 1 heterocycles. The highest BCUT2D eigenvalue weighted by molar-refractivity contribution is 9.10. The standard InChI is InChI=1S/C30H33BrO4/c1-20-16-25(31)14-15-26(20)28(32)30-29(34-18-24-12-8-5-9-13-24)22(3)21(2)27(35-30)19-33-17-23-10-6-4-7-11-23/h4-16,21-22,27,29-30H,17-19H2,1-3H3/t21-,22-,27?,29?,30+/m0/s1. The van der Waals surface area contributed by atoms with E-state index in [0.29, 0.717) is 25.4 Å². The Labute approximate surface area is 216 Å². The molecule has 0 bridgehead atoms. The molecule has 5 atom stereocenters. The van der Waals surface area contributed by atoms with Crippen molar-refractivity contribution in [3.63, 3.8) is 0 Å². The molecule has 2 unspecified atom stereocenters. The minimum absolute atomic E-state index is 0.0418. The fourth-order valence-electron chi connectivity index (χ4n) is 4.64. The Morgan fingerprint density at radius 3 is 2.14 bits per heavy atom. The molecule has 0 N–H and O–H groups in total. The van der Waals surface area contributed by atoms with Gasteiger partial charge in [-0.15, -0.1) is 0 Å². The van der Waals surface area contributed by atoms with Crippen molar-refractivity contribution in [2.24, 2.45) is 11.8 Å². The van der Waals surface area contributed by atoms with E-state index in [1.165, 1.54) is 0 Å². The van der Waals surface area contributed by atoms with Crippen molar-refractivity contribution in [2.75, 3.05) is 6.61 Å². The van der Waals surface area contributed by atoms with E-state index >= 15 is 0 Å². The van der Waals surface area contributed by atoms with Gasteiger partial charge in [-0.25, -0.2) is 0 Å². The summed E-state index contributed by atoms with van der Waals surface area (Å²) in [5.74, 6) is 0.240. The monoisotopic (exact) mass is 536 g/mol. The number of rotatable bonds is 9. The molecule has 1 fully saturated rings. The van der Waals surface area contributed by atoms with Gasteiger partial charge < -0.3 is 14.2 Å². The van der Waals surface area contributed by atoms with E-state index in [-0.39, 0.29) is 29.8 Å². The van der Waals surface area contributed by atoms with Crippen molar-refractivity contribution < 1.29 is 19.0 Å². The highest BCUT2D eigenvalue weighted by atomic mass is 79.9. The molecule has 1 saturated heterocycles. The van der Waals surface area contributed by atoms with Crippen molar-refractivity contribution in [3.8, 4) is 0 Å². The summed E-state index contributed by atoms with van der Waals surface area (Å²) in [4.78, 5) is 13.8. The average molecular weight is 537 g/mol. The number of benzene rings is 3. The topological polar surface area (TPSA) is 44.8 Å². The van der Waals surface area contributed by atoms with Crippen LogP contribution in [0.3, 0.4) is 0 Å². The van der Waals surface area contributed by atoms with Crippen LogP contribution in [0.4, 0.5) is 0 Å². The van der Waals surface area contributed by atoms with Crippen molar-refractivity contribution >= 4 is 21.7 Å². The van der Waals surface area contributed by atoms with Gasteiger partial charge in [-0.3, -0.25) is 4.79 Å². The van der Waals surface area contributed by atoms with Crippen LogP contribution in [0, 0.1) is 18.8 Å². The Hall–Kier alpha value is -2.31. The molecule has 4 nitrogen and oxygen atoms in total. The average Bonchev–Trinajstić information content (AvgIpc) is 2.87. The molecule has 0 spiro atoms. The number of halogens is 1. The molecule has 0 aliphatic carbocycles. The highest BCUT2D eigenvalue weighted by Crippen LogP contribution is 2.35. The van der Waals surface area contributed by atoms with Gasteiger partial charge >= 0.3 is 0 Å². The molecular formula is C30H33BrO4. The largest absolute Gasteiger partial charge is 0.374 e. The summed E-state index contributed by atoms with van der Waals surface area (Å²) in [6.07, 6.45) is -1.25. The van der Waals surface area contributed by atoms with E-state index in [1.54, 1.807) is 0 Å². The normalized spacial score (nSPS) is 24.3. The van der Waals surface area contributed by atoms with E-state index < -0.39 is 6.10 Å². The van der Waals surface area contributed by atoms with Crippen LogP contribution in [0.2, 0.25) is 0 Å². The quantitative estimate of drug-likeness (QED) is 0.282. The van der Waals surface area contributed by atoms with Gasteiger partial charge in [0.15, 0.2) is 5.78 Å². The lowest BCUT2D eigenvalue weighted by Crippen LogP contribution is -2.54. The van der Waals surface area contributed by atoms with E-state index in [2.05, 4.69) is 29.8 Å². The fraction of sp³-hybridized carbons (Fsp3) is 0.367. The lowest BCUT2D eigenvalue weighted by Gasteiger charge is -2.44. The first-order valence-electron chi connectivity index (χ1n) is 12.2. The van der Waals surface area contributed by atoms with Gasteiger partial charge in [-0.1, -0.05) is 90.4 Å². The van der Waals surface area contributed by atoms with E-state index in [0.717, 1.165) is 21.2 Å². The lowest BCUT2D eigenvalue weighted by atomic mass is 9.79. The molecule has 1 aliphatic rings. The number of hydrogen-bond acceptors (Lipinski definition) is 4. The lowest BCUT2D eigenvalue weighted by molar-refractivity contribution is -0.187. The summed E-state index contributed by atoms with van der Waals surface area (Å²) in [6, 6.07) is 25.9. The highest BCUT2D eigenvalue weighted by Gasteiger charge is 2.45. The van der Waals surface area contributed by atoms with Crippen LogP contribution >= 0.6 is 15.9 Å². The van der Waals surface area contributed by atoms with Gasteiger partial charge in [0.2, 0.25) is 0 Å². The first-order chi connectivity index (χ1) is 16.9. The zero-order valence-corrected chi connectivity index (χ0v) is 22.1. The molecular weight excluding hydrogens is 504 g/mol. The van der Waals surface area contributed by atoms with E-state index in [4.69, 9.17) is 14.2 Å². The Morgan fingerprint density at radius 1 is 0.886 bits per heavy atom. The third-order valence-electron chi connectivity index (χ3n) is 6.95. The number of hydrogen-bond donors (Lipinski definition) is 0. The molecule has 1 aliphatic heterocycles. The molecule has 0 amide bonds. The second-order valence-corrected chi connectivity index (χ2v) is 10.3. The smallest absolute Gasteiger partial charge is 0.194 e. The summed E-state index contributed by atoms with van der Waals surface area (Å²) in [7, 11) is 0. The molecule has 5 heteroatoms. The van der Waals surface area contributed by atoms with E-state index in [1.807, 2.05) is 85.8 Å². The van der Waals surface area contributed by atoms with Crippen LogP contribution in [0.25, 0.3) is 0 Å². The summed E-state index contributed by atoms with van der Waals surface area (Å²) in [6.45, 7) is 7.64. The Balaban J connectivity index is 1.53. The maximum atomic E-state index is 13.8. The van der Waals surface area contributed by atoms with Crippen molar-refractivity contribution in [1.29, 1.82) is 0 Å². The summed E-state index contributed by atoms with van der Waals surface area (Å²) >= 11 is 3.49. The van der Waals surface area contributed by atoms with Crippen LogP contribution < -0.4 is 0 Å². The maximum Gasteiger partial charge on any atom is 0.194 e. The van der Waals surface area contributed by atoms with Gasteiger partial charge in [0.05, 0.1) is 32.0 Å². The molecule has 4 rings (SSSR count). The SMILES string of the molecule is Cc1cc(Br)ccc1C(=O)[C@H]1OC(COCc2ccccc2)[C@@H](C)[C@H](C)C1OCc1ccccc1. The molecule has 3 aromatic rings. The summed E-state index contributed by atoms with van der Waals surface area (Å²) in [5.41, 5.74) is 3.77. The van der Waals surface area contributed by atoms with E-state index in [9.17, 15) is 4.79 Å².